The molecule has 0 unspecified atom stereocenters. The number of aromatic hydroxyl groups is 2. The minimum Gasteiger partial charge on any atom is -0.507 e. The average Bonchev–Trinajstić information content (AvgIpc) is 2.84. The van der Waals surface area contributed by atoms with E-state index >= 15 is 0 Å². The lowest BCUT2D eigenvalue weighted by Gasteiger charge is -2.08. The number of rotatable bonds is 10. The van der Waals surface area contributed by atoms with Crippen molar-refractivity contribution in [3.8, 4) is 11.5 Å². The zero-order chi connectivity index (χ0) is 24.5. The van der Waals surface area contributed by atoms with E-state index in [1.807, 2.05) is 62.4 Å². The second-order valence-electron chi connectivity index (χ2n) is 8.94. The van der Waals surface area contributed by atoms with Crippen LogP contribution in [0.1, 0.15) is 72.9 Å². The van der Waals surface area contributed by atoms with Crippen LogP contribution in [0.25, 0.3) is 0 Å². The molecular formula is C30H36N2O2. The minimum absolute atomic E-state index is 0.279. The van der Waals surface area contributed by atoms with Crippen LogP contribution in [-0.4, -0.2) is 22.6 Å². The zero-order valence-corrected chi connectivity index (χ0v) is 20.8. The second-order valence-corrected chi connectivity index (χ2v) is 8.94. The third-order valence-corrected chi connectivity index (χ3v) is 5.97. The quantitative estimate of drug-likeness (QED) is 0.304. The molecule has 3 aromatic rings. The van der Waals surface area contributed by atoms with Gasteiger partial charge in [-0.05, 0) is 98.2 Å². The summed E-state index contributed by atoms with van der Waals surface area (Å²) in [7, 11) is 0. The summed E-state index contributed by atoms with van der Waals surface area (Å²) in [5.41, 5.74) is 7.24. The van der Waals surface area contributed by atoms with Crippen LogP contribution >= 0.6 is 0 Å². The molecule has 4 nitrogen and oxygen atoms in total. The van der Waals surface area contributed by atoms with E-state index in [1.54, 1.807) is 12.4 Å². The van der Waals surface area contributed by atoms with Gasteiger partial charge >= 0.3 is 0 Å². The highest BCUT2D eigenvalue weighted by Crippen LogP contribution is 2.26. The van der Waals surface area contributed by atoms with Crippen LogP contribution in [0.5, 0.6) is 11.5 Å². The number of nitrogens with zero attached hydrogens (tertiary/aromatic N) is 2. The van der Waals surface area contributed by atoms with Gasteiger partial charge < -0.3 is 10.2 Å². The Morgan fingerprint density at radius 3 is 1.38 bits per heavy atom. The van der Waals surface area contributed by atoms with Gasteiger partial charge in [-0.25, -0.2) is 0 Å². The number of hydrogen-bond donors (Lipinski definition) is 2. The first kappa shape index (κ1) is 25.2. The van der Waals surface area contributed by atoms with E-state index < -0.39 is 0 Å². The van der Waals surface area contributed by atoms with Gasteiger partial charge in [0.1, 0.15) is 11.5 Å². The number of hydrogen-bond acceptors (Lipinski definition) is 4. The van der Waals surface area contributed by atoms with Crippen molar-refractivity contribution in [2.24, 2.45) is 9.98 Å². The molecule has 0 atom stereocenters. The number of aryl methyl sites for hydroxylation is 4. The van der Waals surface area contributed by atoms with Gasteiger partial charge in [-0.2, -0.15) is 0 Å². The fourth-order valence-corrected chi connectivity index (χ4v) is 3.93. The molecule has 0 aliphatic heterocycles. The molecule has 0 spiro atoms. The molecule has 178 valence electrons. The Bertz CT molecular complexity index is 1070. The summed E-state index contributed by atoms with van der Waals surface area (Å²) >= 11 is 0. The van der Waals surface area contributed by atoms with E-state index in [4.69, 9.17) is 0 Å². The molecule has 34 heavy (non-hydrogen) atoms. The van der Waals surface area contributed by atoms with Crippen molar-refractivity contribution >= 4 is 23.8 Å². The minimum atomic E-state index is 0.279. The maximum Gasteiger partial charge on any atom is 0.127 e. The third-order valence-electron chi connectivity index (χ3n) is 5.97. The van der Waals surface area contributed by atoms with E-state index in [0.29, 0.717) is 0 Å². The molecule has 0 saturated carbocycles. The van der Waals surface area contributed by atoms with E-state index in [9.17, 15) is 10.2 Å². The van der Waals surface area contributed by atoms with Crippen LogP contribution < -0.4 is 0 Å². The Hall–Kier alpha value is -3.40. The molecule has 0 aliphatic carbocycles. The van der Waals surface area contributed by atoms with E-state index in [2.05, 4.69) is 23.8 Å². The molecule has 0 aliphatic rings. The molecule has 3 rings (SSSR count). The molecule has 0 saturated heterocycles. The van der Waals surface area contributed by atoms with Crippen LogP contribution in [-0.2, 0) is 12.8 Å². The number of aliphatic imine (C=N–C) groups is 2. The normalized spacial score (nSPS) is 11.6. The maximum atomic E-state index is 10.4. The number of unbranched alkanes of at least 4 members (excludes halogenated alkanes) is 2. The van der Waals surface area contributed by atoms with Gasteiger partial charge in [0.25, 0.3) is 0 Å². The molecule has 0 fully saturated rings. The Kier molecular flexibility index (Phi) is 9.03. The van der Waals surface area contributed by atoms with Crippen LogP contribution in [0.3, 0.4) is 0 Å². The molecule has 0 bridgehead atoms. The monoisotopic (exact) mass is 456 g/mol. The van der Waals surface area contributed by atoms with Gasteiger partial charge in [-0.1, -0.05) is 38.8 Å². The van der Waals surface area contributed by atoms with Gasteiger partial charge in [-0.3, -0.25) is 9.98 Å². The van der Waals surface area contributed by atoms with Crippen LogP contribution in [0, 0.1) is 13.8 Å². The van der Waals surface area contributed by atoms with Crippen LogP contribution in [0.15, 0.2) is 58.5 Å². The molecule has 4 heteroatoms. The zero-order valence-electron chi connectivity index (χ0n) is 20.8. The fourth-order valence-electron chi connectivity index (χ4n) is 3.93. The summed E-state index contributed by atoms with van der Waals surface area (Å²) in [5.74, 6) is 0.558. The molecular weight excluding hydrogens is 420 g/mol. The van der Waals surface area contributed by atoms with Gasteiger partial charge in [-0.15, -0.1) is 0 Å². The average molecular weight is 457 g/mol. The fraction of sp³-hybridized carbons (Fsp3) is 0.333. The smallest absolute Gasteiger partial charge is 0.127 e. The van der Waals surface area contributed by atoms with Gasteiger partial charge in [0.15, 0.2) is 0 Å². The Labute approximate surface area is 203 Å². The summed E-state index contributed by atoms with van der Waals surface area (Å²) in [4.78, 5) is 9.10. The Morgan fingerprint density at radius 1 is 0.647 bits per heavy atom. The highest BCUT2D eigenvalue weighted by atomic mass is 16.3. The van der Waals surface area contributed by atoms with Crippen molar-refractivity contribution in [1.29, 1.82) is 0 Å². The van der Waals surface area contributed by atoms with E-state index in [-0.39, 0.29) is 11.5 Å². The molecule has 0 amide bonds. The van der Waals surface area contributed by atoms with Gasteiger partial charge in [0, 0.05) is 23.6 Å². The number of phenols is 2. The van der Waals surface area contributed by atoms with Crippen LogP contribution in [0.4, 0.5) is 11.4 Å². The maximum absolute atomic E-state index is 10.4. The molecule has 2 N–H and O–H groups in total. The molecule has 0 aromatic heterocycles. The lowest BCUT2D eigenvalue weighted by atomic mass is 10.0. The first-order chi connectivity index (χ1) is 16.4. The Morgan fingerprint density at radius 2 is 1.03 bits per heavy atom. The highest BCUT2D eigenvalue weighted by molar-refractivity contribution is 5.87. The first-order valence-electron chi connectivity index (χ1n) is 12.2. The summed E-state index contributed by atoms with van der Waals surface area (Å²) in [6, 6.07) is 15.7. The topological polar surface area (TPSA) is 65.2 Å². The van der Waals surface area contributed by atoms with Gasteiger partial charge in [0.05, 0.1) is 11.4 Å². The van der Waals surface area contributed by atoms with Crippen molar-refractivity contribution < 1.29 is 10.2 Å². The summed E-state index contributed by atoms with van der Waals surface area (Å²) in [5, 5.41) is 20.9. The largest absolute Gasteiger partial charge is 0.507 e. The molecule has 0 radical (unpaired) electrons. The van der Waals surface area contributed by atoms with Crippen molar-refractivity contribution in [3.63, 3.8) is 0 Å². The van der Waals surface area contributed by atoms with E-state index in [1.165, 1.54) is 11.1 Å². The Balaban J connectivity index is 1.74. The van der Waals surface area contributed by atoms with Crippen molar-refractivity contribution in [2.75, 3.05) is 0 Å². The predicted molar refractivity (Wildman–Crippen MR) is 144 cm³/mol. The first-order valence-corrected chi connectivity index (χ1v) is 12.2. The summed E-state index contributed by atoms with van der Waals surface area (Å²) < 4.78 is 0. The van der Waals surface area contributed by atoms with Crippen molar-refractivity contribution in [1.82, 2.24) is 0 Å². The summed E-state index contributed by atoms with van der Waals surface area (Å²) in [6.07, 6.45) is 9.98. The highest BCUT2D eigenvalue weighted by Gasteiger charge is 2.07. The molecule has 0 heterocycles. The van der Waals surface area contributed by atoms with Gasteiger partial charge in [0.2, 0.25) is 0 Å². The summed E-state index contributed by atoms with van der Waals surface area (Å²) in [6.45, 7) is 8.21. The van der Waals surface area contributed by atoms with E-state index in [0.717, 1.165) is 72.2 Å². The second kappa shape index (κ2) is 12.2. The number of benzene rings is 3. The SMILES string of the molecule is CCCCc1cc(C)c(O)c(C=Nc2ccc(N=Cc3cc(CCCC)cc(C)c3O)cc2)c1. The number of phenolic OH excluding ortho intramolecular Hbond substituents is 2. The lowest BCUT2D eigenvalue weighted by Crippen LogP contribution is -1.92. The lowest BCUT2D eigenvalue weighted by molar-refractivity contribution is 0.469. The third kappa shape index (κ3) is 6.80. The van der Waals surface area contributed by atoms with Crippen molar-refractivity contribution in [2.45, 2.75) is 66.2 Å². The standard InChI is InChI=1S/C30H36N2O2/c1-5-7-9-23-15-21(3)29(33)25(17-23)19-31-27-11-13-28(14-12-27)32-20-26-18-24(10-8-6-2)16-22(4)30(26)34/h11-20,33-34H,5-10H2,1-4H3. The molecule has 3 aromatic carbocycles. The predicted octanol–water partition coefficient (Wildman–Crippen LogP) is 7.90. The van der Waals surface area contributed by atoms with Crippen molar-refractivity contribution in [3.05, 3.63) is 81.9 Å². The van der Waals surface area contributed by atoms with Crippen LogP contribution in [0.2, 0.25) is 0 Å².